The number of amides is 1. The molecule has 0 spiro atoms. The number of aromatic nitrogens is 2. The van der Waals surface area contributed by atoms with Gasteiger partial charge in [0.15, 0.2) is 0 Å². The summed E-state index contributed by atoms with van der Waals surface area (Å²) < 4.78 is 0. The first-order chi connectivity index (χ1) is 10.8. The third-order valence-electron chi connectivity index (χ3n) is 3.35. The van der Waals surface area contributed by atoms with Gasteiger partial charge < -0.3 is 11.1 Å². The molecule has 0 aromatic carbocycles. The number of carbonyl (C=O) groups is 1. The number of nitrogens with one attached hydrogen (secondary N) is 1. The summed E-state index contributed by atoms with van der Waals surface area (Å²) in [6, 6.07) is 5.34. The molecule has 0 aliphatic heterocycles. The average Bonchev–Trinajstić information content (AvgIpc) is 2.52. The van der Waals surface area contributed by atoms with Crippen molar-refractivity contribution in [3.05, 3.63) is 47.9 Å². The number of fused-ring (bicyclic) bond motifs is 1. The molecule has 23 heavy (non-hydrogen) atoms. The second-order valence-corrected chi connectivity index (χ2v) is 6.18. The van der Waals surface area contributed by atoms with Crippen LogP contribution in [0.1, 0.15) is 31.1 Å². The van der Waals surface area contributed by atoms with Crippen LogP contribution in [0.5, 0.6) is 0 Å². The number of pyridine rings is 2. The Labute approximate surface area is 135 Å². The Morgan fingerprint density at radius 1 is 1.30 bits per heavy atom. The van der Waals surface area contributed by atoms with E-state index >= 15 is 0 Å². The first-order valence-electron chi connectivity index (χ1n) is 7.28. The Hall–Kier alpha value is -2.76. The minimum atomic E-state index is -0.302. The van der Waals surface area contributed by atoms with Crippen molar-refractivity contribution in [2.45, 2.75) is 20.8 Å². The number of aliphatic imine (C=N–C) groups is 1. The fraction of sp³-hybridized carbons (Fsp3) is 0.294. The minimum absolute atomic E-state index is 0.199. The largest absolute Gasteiger partial charge is 0.401 e. The van der Waals surface area contributed by atoms with Crippen LogP contribution in [0.15, 0.2) is 47.4 Å². The predicted molar refractivity (Wildman–Crippen MR) is 92.1 cm³/mol. The van der Waals surface area contributed by atoms with Crippen LogP contribution in [-0.2, 0) is 0 Å². The van der Waals surface area contributed by atoms with Gasteiger partial charge in [0.2, 0.25) is 0 Å². The van der Waals surface area contributed by atoms with Crippen molar-refractivity contribution in [1.29, 1.82) is 0 Å². The standard InChI is InChI=1S/C17H21N5O/c1-17(2,3)14(18)9-15(19-4)22-16(23)11-8-13-12(21-10-11)6-5-7-20-13/h5-10H,18H2,1-4H3,(H,19,22,23)/b14-9-. The molecular formula is C17H21N5O. The Morgan fingerprint density at radius 2 is 2.04 bits per heavy atom. The molecule has 0 aliphatic rings. The molecule has 6 heteroatoms. The first kappa shape index (κ1) is 16.6. The smallest absolute Gasteiger partial charge is 0.258 e. The number of nitrogens with two attached hydrogens (primary N) is 1. The number of carbonyl (C=O) groups excluding carboxylic acids is 1. The van der Waals surface area contributed by atoms with Gasteiger partial charge in [0.1, 0.15) is 5.84 Å². The number of allylic oxidation sites excluding steroid dienone is 1. The fourth-order valence-electron chi connectivity index (χ4n) is 1.79. The molecule has 2 aromatic heterocycles. The van der Waals surface area contributed by atoms with E-state index in [1.165, 1.54) is 6.20 Å². The van der Waals surface area contributed by atoms with E-state index in [1.54, 1.807) is 31.5 Å². The van der Waals surface area contributed by atoms with E-state index in [1.807, 2.05) is 26.8 Å². The lowest BCUT2D eigenvalue weighted by Crippen LogP contribution is -2.31. The van der Waals surface area contributed by atoms with E-state index in [0.717, 1.165) is 5.52 Å². The normalized spacial score (nSPS) is 13.2. The van der Waals surface area contributed by atoms with Gasteiger partial charge in [0.25, 0.3) is 5.91 Å². The second-order valence-electron chi connectivity index (χ2n) is 6.18. The fourth-order valence-corrected chi connectivity index (χ4v) is 1.79. The quantitative estimate of drug-likeness (QED) is 0.657. The molecule has 2 aromatic rings. The van der Waals surface area contributed by atoms with Crippen molar-refractivity contribution in [2.75, 3.05) is 7.05 Å². The van der Waals surface area contributed by atoms with Crippen LogP contribution in [0.3, 0.4) is 0 Å². The van der Waals surface area contributed by atoms with Crippen LogP contribution in [0.25, 0.3) is 11.0 Å². The average molecular weight is 311 g/mol. The maximum Gasteiger partial charge on any atom is 0.258 e. The van der Waals surface area contributed by atoms with Crippen molar-refractivity contribution < 1.29 is 4.79 Å². The third kappa shape index (κ3) is 4.12. The van der Waals surface area contributed by atoms with Gasteiger partial charge in [-0.2, -0.15) is 0 Å². The Morgan fingerprint density at radius 3 is 2.70 bits per heavy atom. The van der Waals surface area contributed by atoms with Crippen LogP contribution < -0.4 is 11.1 Å². The van der Waals surface area contributed by atoms with E-state index in [4.69, 9.17) is 5.73 Å². The molecule has 0 aliphatic carbocycles. The summed E-state index contributed by atoms with van der Waals surface area (Å²) in [7, 11) is 1.60. The van der Waals surface area contributed by atoms with Crippen LogP contribution >= 0.6 is 0 Å². The molecule has 0 fully saturated rings. The van der Waals surface area contributed by atoms with Crippen LogP contribution in [0.2, 0.25) is 0 Å². The van der Waals surface area contributed by atoms with Crippen molar-refractivity contribution in [3.63, 3.8) is 0 Å². The number of amidine groups is 1. The SMILES string of the molecule is CN=C(/C=C(\N)C(C)(C)C)NC(=O)c1cnc2cccnc2c1. The third-order valence-corrected chi connectivity index (χ3v) is 3.35. The monoisotopic (exact) mass is 311 g/mol. The number of hydrogen-bond acceptors (Lipinski definition) is 5. The Balaban J connectivity index is 2.22. The molecule has 2 heterocycles. The maximum absolute atomic E-state index is 12.4. The summed E-state index contributed by atoms with van der Waals surface area (Å²) in [6.45, 7) is 5.98. The van der Waals surface area contributed by atoms with Crippen molar-refractivity contribution in [3.8, 4) is 0 Å². The van der Waals surface area contributed by atoms with Gasteiger partial charge in [-0.25, -0.2) is 0 Å². The van der Waals surface area contributed by atoms with Crippen LogP contribution in [0, 0.1) is 5.41 Å². The van der Waals surface area contributed by atoms with Gasteiger partial charge in [-0.1, -0.05) is 20.8 Å². The molecule has 3 N–H and O–H groups in total. The predicted octanol–water partition coefficient (Wildman–Crippen LogP) is 2.28. The van der Waals surface area contributed by atoms with Crippen molar-refractivity contribution in [2.24, 2.45) is 16.1 Å². The molecule has 2 rings (SSSR count). The van der Waals surface area contributed by atoms with Gasteiger partial charge in [-0.05, 0) is 24.3 Å². The highest BCUT2D eigenvalue weighted by atomic mass is 16.1. The summed E-state index contributed by atoms with van der Waals surface area (Å²) in [6.07, 6.45) is 4.85. The molecule has 0 bridgehead atoms. The zero-order chi connectivity index (χ0) is 17.0. The highest BCUT2D eigenvalue weighted by Crippen LogP contribution is 2.20. The molecular weight excluding hydrogens is 290 g/mol. The Kier molecular flexibility index (Phi) is 4.74. The van der Waals surface area contributed by atoms with Crippen LogP contribution in [-0.4, -0.2) is 28.8 Å². The zero-order valence-electron chi connectivity index (χ0n) is 13.8. The summed E-state index contributed by atoms with van der Waals surface area (Å²) in [4.78, 5) is 24.9. The number of hydrogen-bond donors (Lipinski definition) is 2. The molecule has 6 nitrogen and oxygen atoms in total. The first-order valence-corrected chi connectivity index (χ1v) is 7.28. The summed E-state index contributed by atoms with van der Waals surface area (Å²) in [5, 5.41) is 2.74. The van der Waals surface area contributed by atoms with Gasteiger partial charge in [-0.3, -0.25) is 19.8 Å². The topological polar surface area (TPSA) is 93.3 Å². The summed E-state index contributed by atoms with van der Waals surface area (Å²) in [5.74, 6) is 0.104. The zero-order valence-corrected chi connectivity index (χ0v) is 13.8. The lowest BCUT2D eigenvalue weighted by molar-refractivity contribution is 0.0977. The summed E-state index contributed by atoms with van der Waals surface area (Å²) in [5.41, 5.74) is 8.28. The van der Waals surface area contributed by atoms with E-state index < -0.39 is 0 Å². The molecule has 0 atom stereocenters. The number of nitrogens with zero attached hydrogens (tertiary/aromatic N) is 3. The highest BCUT2D eigenvalue weighted by molar-refractivity contribution is 6.10. The van der Waals surface area contributed by atoms with E-state index in [-0.39, 0.29) is 11.3 Å². The van der Waals surface area contributed by atoms with Crippen LogP contribution in [0.4, 0.5) is 0 Å². The molecule has 0 radical (unpaired) electrons. The molecule has 120 valence electrons. The van der Waals surface area contributed by atoms with E-state index in [2.05, 4.69) is 20.3 Å². The maximum atomic E-state index is 12.4. The van der Waals surface area contributed by atoms with Gasteiger partial charge in [0.05, 0.1) is 16.6 Å². The molecule has 0 saturated heterocycles. The van der Waals surface area contributed by atoms with Gasteiger partial charge in [0, 0.05) is 30.6 Å². The van der Waals surface area contributed by atoms with Gasteiger partial charge in [-0.15, -0.1) is 0 Å². The van der Waals surface area contributed by atoms with Crippen molar-refractivity contribution in [1.82, 2.24) is 15.3 Å². The molecule has 1 amide bonds. The van der Waals surface area contributed by atoms with Crippen molar-refractivity contribution >= 4 is 22.8 Å². The molecule has 0 saturated carbocycles. The summed E-state index contributed by atoms with van der Waals surface area (Å²) >= 11 is 0. The second kappa shape index (κ2) is 6.56. The highest BCUT2D eigenvalue weighted by Gasteiger charge is 2.15. The van der Waals surface area contributed by atoms with Gasteiger partial charge >= 0.3 is 0 Å². The lowest BCUT2D eigenvalue weighted by atomic mass is 9.92. The lowest BCUT2D eigenvalue weighted by Gasteiger charge is -2.19. The Bertz CT molecular complexity index is 787. The van der Waals surface area contributed by atoms with E-state index in [0.29, 0.717) is 22.6 Å². The molecule has 0 unspecified atom stereocenters. The number of rotatable bonds is 2. The minimum Gasteiger partial charge on any atom is -0.401 e. The van der Waals surface area contributed by atoms with E-state index in [9.17, 15) is 4.79 Å².